The molecule has 0 amide bonds. The van der Waals surface area contributed by atoms with Gasteiger partial charge < -0.3 is 9.14 Å². The number of nitrogens with zero attached hydrogens (tertiary/aromatic N) is 1. The molecule has 0 atom stereocenters. The van der Waals surface area contributed by atoms with E-state index in [-0.39, 0.29) is 0 Å². The van der Waals surface area contributed by atoms with Crippen LogP contribution in [0.4, 0.5) is 0 Å². The minimum atomic E-state index is -0.578. The molecule has 3 heterocycles. The van der Waals surface area contributed by atoms with E-state index in [1.807, 2.05) is 30.3 Å². The van der Waals surface area contributed by atoms with Crippen LogP contribution in [0.2, 0.25) is 0 Å². The number of ether oxygens (including phenoxy) is 1. The lowest BCUT2D eigenvalue weighted by Crippen LogP contribution is -2.02. The highest BCUT2D eigenvalue weighted by Gasteiger charge is 2.33. The van der Waals surface area contributed by atoms with Crippen molar-refractivity contribution < 1.29 is 14.3 Å². The Morgan fingerprint density at radius 1 is 1.00 bits per heavy atom. The summed E-state index contributed by atoms with van der Waals surface area (Å²) in [6.07, 6.45) is 1.79. The fourth-order valence-electron chi connectivity index (χ4n) is 2.47. The molecule has 2 aromatic heterocycles. The topological polar surface area (TPSA) is 47.8 Å². The molecule has 0 spiro atoms. The number of carbonyl (C=O) groups is 2. The van der Waals surface area contributed by atoms with Gasteiger partial charge in [0.1, 0.15) is 5.69 Å². The maximum Gasteiger partial charge on any atom is 0.364 e. The molecule has 0 bridgehead atoms. The second-order valence-electron chi connectivity index (χ2n) is 4.24. The van der Waals surface area contributed by atoms with Crippen LogP contribution in [0.15, 0.2) is 42.6 Å². The molecule has 4 heteroatoms. The van der Waals surface area contributed by atoms with Gasteiger partial charge >= 0.3 is 11.9 Å². The molecule has 0 fully saturated rings. The van der Waals surface area contributed by atoms with Gasteiger partial charge in [0.25, 0.3) is 0 Å². The van der Waals surface area contributed by atoms with Crippen molar-refractivity contribution in [1.82, 2.24) is 4.40 Å². The minimum Gasteiger partial charge on any atom is -0.385 e. The lowest BCUT2D eigenvalue weighted by molar-refractivity contribution is 0.0440. The van der Waals surface area contributed by atoms with E-state index in [0.29, 0.717) is 11.3 Å². The molecule has 1 aromatic carbocycles. The third-order valence-electron chi connectivity index (χ3n) is 3.28. The Kier molecular flexibility index (Phi) is 1.56. The average molecular weight is 237 g/mol. The fraction of sp³-hybridized carbons (Fsp3) is 0. The zero-order chi connectivity index (χ0) is 12.3. The molecule has 4 rings (SSSR count). The first-order valence-corrected chi connectivity index (χ1v) is 5.55. The van der Waals surface area contributed by atoms with Crippen molar-refractivity contribution in [3.05, 3.63) is 53.9 Å². The average Bonchev–Trinajstić information content (AvgIpc) is 2.89. The SMILES string of the molecule is O=C1OC(=O)c2c1cc1c3ccccc3ccn21. The highest BCUT2D eigenvalue weighted by atomic mass is 16.6. The zero-order valence-corrected chi connectivity index (χ0v) is 9.21. The highest BCUT2D eigenvalue weighted by Crippen LogP contribution is 2.29. The van der Waals surface area contributed by atoms with E-state index in [1.165, 1.54) is 0 Å². The molecular formula is C14H7NO3. The summed E-state index contributed by atoms with van der Waals surface area (Å²) in [5, 5.41) is 2.08. The Morgan fingerprint density at radius 2 is 1.83 bits per heavy atom. The van der Waals surface area contributed by atoms with Crippen molar-refractivity contribution >= 4 is 28.2 Å². The maximum atomic E-state index is 11.6. The largest absolute Gasteiger partial charge is 0.385 e. The first-order valence-electron chi connectivity index (χ1n) is 5.55. The first kappa shape index (κ1) is 9.41. The molecular weight excluding hydrogens is 230 g/mol. The molecule has 0 N–H and O–H groups in total. The van der Waals surface area contributed by atoms with Crippen molar-refractivity contribution in [2.75, 3.05) is 0 Å². The third-order valence-corrected chi connectivity index (χ3v) is 3.28. The number of esters is 2. The number of fused-ring (bicyclic) bond motifs is 5. The van der Waals surface area contributed by atoms with Gasteiger partial charge in [0.05, 0.1) is 11.1 Å². The molecule has 0 unspecified atom stereocenters. The lowest BCUT2D eigenvalue weighted by atomic mass is 10.1. The number of carbonyl (C=O) groups excluding carboxylic acids is 2. The van der Waals surface area contributed by atoms with Gasteiger partial charge in [-0.2, -0.15) is 0 Å². The van der Waals surface area contributed by atoms with E-state index in [1.54, 1.807) is 16.7 Å². The van der Waals surface area contributed by atoms with Crippen LogP contribution in [0.5, 0.6) is 0 Å². The highest BCUT2D eigenvalue weighted by molar-refractivity contribution is 6.16. The first-order chi connectivity index (χ1) is 8.75. The van der Waals surface area contributed by atoms with Crippen LogP contribution in [0, 0.1) is 0 Å². The van der Waals surface area contributed by atoms with Crippen LogP contribution in [0.25, 0.3) is 16.3 Å². The molecule has 0 saturated carbocycles. The van der Waals surface area contributed by atoms with E-state index in [0.717, 1.165) is 16.3 Å². The number of benzene rings is 1. The molecule has 0 aliphatic carbocycles. The third kappa shape index (κ3) is 0.996. The van der Waals surface area contributed by atoms with Gasteiger partial charge in [-0.1, -0.05) is 24.3 Å². The summed E-state index contributed by atoms with van der Waals surface area (Å²) >= 11 is 0. The Balaban J connectivity index is 2.24. The number of rotatable bonds is 0. The van der Waals surface area contributed by atoms with Crippen molar-refractivity contribution in [3.8, 4) is 0 Å². The zero-order valence-electron chi connectivity index (χ0n) is 9.21. The standard InChI is InChI=1S/C14H7NO3/c16-13-10-7-11-9-4-2-1-3-8(9)5-6-15(11)12(10)14(17)18-13/h1-7H. The predicted molar refractivity (Wildman–Crippen MR) is 64.6 cm³/mol. The van der Waals surface area contributed by atoms with Gasteiger partial charge in [0, 0.05) is 11.6 Å². The minimum absolute atomic E-state index is 0.320. The number of hydrogen-bond acceptors (Lipinski definition) is 3. The molecule has 3 aromatic rings. The van der Waals surface area contributed by atoms with Crippen molar-refractivity contribution in [1.29, 1.82) is 0 Å². The van der Waals surface area contributed by atoms with E-state index < -0.39 is 11.9 Å². The summed E-state index contributed by atoms with van der Waals surface area (Å²) in [6.45, 7) is 0. The van der Waals surface area contributed by atoms with Gasteiger partial charge in [-0.25, -0.2) is 9.59 Å². The quantitative estimate of drug-likeness (QED) is 0.445. The summed E-state index contributed by atoms with van der Waals surface area (Å²) in [5.41, 5.74) is 1.51. The maximum absolute atomic E-state index is 11.6. The second-order valence-corrected chi connectivity index (χ2v) is 4.24. The Morgan fingerprint density at radius 3 is 2.72 bits per heavy atom. The van der Waals surface area contributed by atoms with Crippen molar-refractivity contribution in [2.45, 2.75) is 0 Å². The lowest BCUT2D eigenvalue weighted by Gasteiger charge is -2.02. The molecule has 86 valence electrons. The molecule has 1 aliphatic heterocycles. The molecule has 18 heavy (non-hydrogen) atoms. The predicted octanol–water partition coefficient (Wildman–Crippen LogP) is 2.40. The normalized spacial score (nSPS) is 14.2. The second kappa shape index (κ2) is 2.98. The van der Waals surface area contributed by atoms with Crippen LogP contribution in [0.3, 0.4) is 0 Å². The monoisotopic (exact) mass is 237 g/mol. The van der Waals surface area contributed by atoms with E-state index in [2.05, 4.69) is 4.74 Å². The summed E-state index contributed by atoms with van der Waals surface area (Å²) in [6, 6.07) is 11.5. The van der Waals surface area contributed by atoms with Crippen LogP contribution in [-0.2, 0) is 4.74 Å². The Hall–Kier alpha value is -2.62. The van der Waals surface area contributed by atoms with Crippen LogP contribution < -0.4 is 0 Å². The Bertz CT molecular complexity index is 845. The van der Waals surface area contributed by atoms with E-state index in [9.17, 15) is 9.59 Å². The molecule has 0 radical (unpaired) electrons. The number of cyclic esters (lactones) is 2. The summed E-state index contributed by atoms with van der Waals surface area (Å²) in [4.78, 5) is 23.1. The summed E-state index contributed by atoms with van der Waals surface area (Å²) < 4.78 is 6.31. The number of aromatic nitrogens is 1. The molecule has 4 nitrogen and oxygen atoms in total. The van der Waals surface area contributed by atoms with Gasteiger partial charge in [-0.05, 0) is 17.5 Å². The molecule has 1 aliphatic rings. The van der Waals surface area contributed by atoms with Crippen LogP contribution in [-0.4, -0.2) is 16.3 Å². The van der Waals surface area contributed by atoms with E-state index >= 15 is 0 Å². The van der Waals surface area contributed by atoms with Gasteiger partial charge in [-0.15, -0.1) is 0 Å². The van der Waals surface area contributed by atoms with Gasteiger partial charge in [-0.3, -0.25) is 0 Å². The van der Waals surface area contributed by atoms with Gasteiger partial charge in [0.15, 0.2) is 0 Å². The van der Waals surface area contributed by atoms with E-state index in [4.69, 9.17) is 0 Å². The Labute approximate surface area is 101 Å². The summed E-state index contributed by atoms with van der Waals surface area (Å²) in [7, 11) is 0. The number of pyridine rings is 1. The van der Waals surface area contributed by atoms with Crippen LogP contribution in [0.1, 0.15) is 20.8 Å². The van der Waals surface area contributed by atoms with Crippen molar-refractivity contribution in [3.63, 3.8) is 0 Å². The molecule has 0 saturated heterocycles. The van der Waals surface area contributed by atoms with Crippen LogP contribution >= 0.6 is 0 Å². The van der Waals surface area contributed by atoms with Crippen molar-refractivity contribution in [2.24, 2.45) is 0 Å². The smallest absolute Gasteiger partial charge is 0.364 e. The fourth-order valence-corrected chi connectivity index (χ4v) is 2.47. The van der Waals surface area contributed by atoms with Gasteiger partial charge in [0.2, 0.25) is 0 Å². The number of hydrogen-bond donors (Lipinski definition) is 0. The summed E-state index contributed by atoms with van der Waals surface area (Å²) in [5.74, 6) is -1.15.